The quantitative estimate of drug-likeness (QED) is 0.723. The van der Waals surface area contributed by atoms with Gasteiger partial charge in [-0.05, 0) is 25.8 Å². The number of fused-ring (bicyclic) bond motifs is 3. The fraction of sp³-hybridized carbons (Fsp3) is 0.550. The zero-order chi connectivity index (χ0) is 19.4. The second kappa shape index (κ2) is 6.70. The number of rotatable bonds is 3. The molecule has 3 unspecified atom stereocenters. The Kier molecular flexibility index (Phi) is 3.98. The smallest absolute Gasteiger partial charge is 0.179 e. The van der Waals surface area contributed by atoms with Crippen molar-refractivity contribution in [3.8, 4) is 11.5 Å². The van der Waals surface area contributed by atoms with Gasteiger partial charge in [-0.2, -0.15) is 5.10 Å². The first-order valence-electron chi connectivity index (χ1n) is 10.4. The van der Waals surface area contributed by atoms with Crippen molar-refractivity contribution in [2.24, 2.45) is 0 Å². The Balaban J connectivity index is 1.48. The van der Waals surface area contributed by atoms with Gasteiger partial charge in [0.15, 0.2) is 11.6 Å². The maximum Gasteiger partial charge on any atom is 0.179 e. The number of imidazole rings is 1. The molecule has 0 amide bonds. The summed E-state index contributed by atoms with van der Waals surface area (Å²) in [6, 6.07) is 4.14. The molecule has 0 saturated carbocycles. The molecule has 3 aromatic heterocycles. The van der Waals surface area contributed by atoms with Gasteiger partial charge >= 0.3 is 0 Å². The van der Waals surface area contributed by atoms with Crippen molar-refractivity contribution >= 4 is 17.0 Å². The standard InChI is InChI=1S/C20H25N7O2/c1-13-10-25(6-7-28-13)17-8-19(26-11-14-2-3-15(12-26)29-14)24-27-18(17)9-21-20(27)16-4-5-22-23-16/h4-5,8-9,13-15H,2-3,6-7,10-12H2,1H3,(H,22,23). The van der Waals surface area contributed by atoms with Crippen LogP contribution in [0.3, 0.4) is 0 Å². The molecule has 0 spiro atoms. The Morgan fingerprint density at radius 3 is 2.76 bits per heavy atom. The number of nitrogens with one attached hydrogen (secondary N) is 1. The molecule has 0 aliphatic carbocycles. The molecule has 9 heteroatoms. The van der Waals surface area contributed by atoms with Crippen LogP contribution >= 0.6 is 0 Å². The van der Waals surface area contributed by atoms with E-state index in [1.54, 1.807) is 6.20 Å². The van der Waals surface area contributed by atoms with E-state index in [0.717, 1.165) is 74.2 Å². The average Bonchev–Trinajstić information content (AvgIpc) is 3.47. The van der Waals surface area contributed by atoms with E-state index in [1.165, 1.54) is 0 Å². The third-order valence-electron chi connectivity index (χ3n) is 6.16. The summed E-state index contributed by atoms with van der Waals surface area (Å²) in [5.74, 6) is 1.75. The molecule has 3 aliphatic heterocycles. The van der Waals surface area contributed by atoms with E-state index in [1.807, 2.05) is 16.8 Å². The summed E-state index contributed by atoms with van der Waals surface area (Å²) in [5.41, 5.74) is 3.02. The number of aromatic nitrogens is 5. The molecule has 3 atom stereocenters. The largest absolute Gasteiger partial charge is 0.375 e. The minimum absolute atomic E-state index is 0.203. The van der Waals surface area contributed by atoms with Crippen LogP contribution in [-0.4, -0.2) is 75.9 Å². The van der Waals surface area contributed by atoms with Crippen LogP contribution < -0.4 is 9.80 Å². The van der Waals surface area contributed by atoms with Gasteiger partial charge in [-0.15, -0.1) is 5.10 Å². The summed E-state index contributed by atoms with van der Waals surface area (Å²) in [6.45, 7) is 6.36. The van der Waals surface area contributed by atoms with Gasteiger partial charge in [-0.1, -0.05) is 0 Å². The predicted molar refractivity (Wildman–Crippen MR) is 108 cm³/mol. The predicted octanol–water partition coefficient (Wildman–Crippen LogP) is 1.71. The molecule has 6 heterocycles. The molecular formula is C20H25N7O2. The van der Waals surface area contributed by atoms with E-state index in [4.69, 9.17) is 14.6 Å². The third-order valence-corrected chi connectivity index (χ3v) is 6.16. The highest BCUT2D eigenvalue weighted by atomic mass is 16.5. The molecule has 1 N–H and O–H groups in total. The van der Waals surface area contributed by atoms with Crippen LogP contribution in [0.2, 0.25) is 0 Å². The number of H-pyrrole nitrogens is 1. The van der Waals surface area contributed by atoms with Crippen LogP contribution in [-0.2, 0) is 9.47 Å². The molecule has 3 aromatic rings. The Hall–Kier alpha value is -2.65. The fourth-order valence-electron chi connectivity index (χ4n) is 4.76. The first-order valence-corrected chi connectivity index (χ1v) is 10.4. The summed E-state index contributed by atoms with van der Waals surface area (Å²) < 4.78 is 13.8. The van der Waals surface area contributed by atoms with E-state index in [9.17, 15) is 0 Å². The highest BCUT2D eigenvalue weighted by molar-refractivity contribution is 5.77. The number of hydrogen-bond acceptors (Lipinski definition) is 7. The van der Waals surface area contributed by atoms with Crippen molar-refractivity contribution in [1.82, 2.24) is 24.8 Å². The van der Waals surface area contributed by atoms with Gasteiger partial charge in [-0.25, -0.2) is 9.50 Å². The maximum atomic E-state index is 6.04. The van der Waals surface area contributed by atoms with Crippen molar-refractivity contribution < 1.29 is 9.47 Å². The van der Waals surface area contributed by atoms with Crippen molar-refractivity contribution in [1.29, 1.82) is 0 Å². The van der Waals surface area contributed by atoms with E-state index in [-0.39, 0.29) is 6.10 Å². The topological polar surface area (TPSA) is 83.8 Å². The minimum Gasteiger partial charge on any atom is -0.375 e. The summed E-state index contributed by atoms with van der Waals surface area (Å²) in [6.07, 6.45) is 6.76. The van der Waals surface area contributed by atoms with E-state index in [2.05, 4.69) is 38.0 Å². The summed E-state index contributed by atoms with van der Waals surface area (Å²) in [5, 5.41) is 12.1. The second-order valence-corrected chi connectivity index (χ2v) is 8.23. The summed E-state index contributed by atoms with van der Waals surface area (Å²) in [4.78, 5) is 9.43. The lowest BCUT2D eigenvalue weighted by atomic mass is 10.2. The van der Waals surface area contributed by atoms with E-state index in [0.29, 0.717) is 12.2 Å². The lowest BCUT2D eigenvalue weighted by molar-refractivity contribution is 0.0301. The van der Waals surface area contributed by atoms with Crippen LogP contribution in [0.25, 0.3) is 17.0 Å². The molecule has 3 aliphatic rings. The first-order chi connectivity index (χ1) is 14.2. The SMILES string of the molecule is CC1CN(c2cc(N3CC4CCC(C3)O4)nn3c(-c4ccn[nH]4)ncc23)CCO1. The zero-order valence-electron chi connectivity index (χ0n) is 16.5. The summed E-state index contributed by atoms with van der Waals surface area (Å²) in [7, 11) is 0. The molecule has 3 fully saturated rings. The van der Waals surface area contributed by atoms with Gasteiger partial charge in [0.1, 0.15) is 11.2 Å². The van der Waals surface area contributed by atoms with Gasteiger partial charge in [0.05, 0.1) is 36.8 Å². The minimum atomic E-state index is 0.203. The monoisotopic (exact) mass is 395 g/mol. The molecule has 9 nitrogen and oxygen atoms in total. The van der Waals surface area contributed by atoms with Gasteiger partial charge < -0.3 is 19.3 Å². The lowest BCUT2D eigenvalue weighted by Gasteiger charge is -2.35. The Bertz CT molecular complexity index is 1010. The molecule has 0 aromatic carbocycles. The number of hydrogen-bond donors (Lipinski definition) is 1. The second-order valence-electron chi connectivity index (χ2n) is 8.23. The molecule has 152 valence electrons. The Morgan fingerprint density at radius 2 is 2.00 bits per heavy atom. The number of ether oxygens (including phenoxy) is 2. The molecule has 29 heavy (non-hydrogen) atoms. The lowest BCUT2D eigenvalue weighted by Crippen LogP contribution is -2.44. The van der Waals surface area contributed by atoms with Gasteiger partial charge in [0.25, 0.3) is 0 Å². The van der Waals surface area contributed by atoms with Crippen LogP contribution in [0, 0.1) is 0 Å². The van der Waals surface area contributed by atoms with Crippen LogP contribution in [0.4, 0.5) is 11.5 Å². The fourth-order valence-corrected chi connectivity index (χ4v) is 4.76. The molecule has 3 saturated heterocycles. The Morgan fingerprint density at radius 1 is 1.14 bits per heavy atom. The normalized spacial score (nSPS) is 27.1. The van der Waals surface area contributed by atoms with Crippen molar-refractivity contribution in [2.45, 2.75) is 38.1 Å². The number of nitrogens with zero attached hydrogens (tertiary/aromatic N) is 6. The van der Waals surface area contributed by atoms with Crippen molar-refractivity contribution in [2.75, 3.05) is 42.6 Å². The molecule has 0 radical (unpaired) electrons. The number of morpholine rings is 2. The van der Waals surface area contributed by atoms with E-state index < -0.39 is 0 Å². The first kappa shape index (κ1) is 17.2. The molecule has 2 bridgehead atoms. The zero-order valence-corrected chi connectivity index (χ0v) is 16.5. The van der Waals surface area contributed by atoms with Crippen molar-refractivity contribution in [3.63, 3.8) is 0 Å². The van der Waals surface area contributed by atoms with Crippen molar-refractivity contribution in [3.05, 3.63) is 24.5 Å². The third kappa shape index (κ3) is 2.96. The van der Waals surface area contributed by atoms with Gasteiger partial charge in [-0.3, -0.25) is 5.10 Å². The van der Waals surface area contributed by atoms with Crippen LogP contribution in [0.1, 0.15) is 19.8 Å². The van der Waals surface area contributed by atoms with Gasteiger partial charge in [0.2, 0.25) is 0 Å². The van der Waals surface area contributed by atoms with Crippen LogP contribution in [0.5, 0.6) is 0 Å². The Labute approximate surface area is 168 Å². The highest BCUT2D eigenvalue weighted by Gasteiger charge is 2.35. The number of anilines is 2. The van der Waals surface area contributed by atoms with Crippen LogP contribution in [0.15, 0.2) is 24.5 Å². The number of aromatic amines is 1. The average molecular weight is 395 g/mol. The summed E-state index contributed by atoms with van der Waals surface area (Å²) >= 11 is 0. The van der Waals surface area contributed by atoms with Gasteiger partial charge in [0, 0.05) is 38.4 Å². The highest BCUT2D eigenvalue weighted by Crippen LogP contribution is 2.33. The maximum absolute atomic E-state index is 6.04. The molecule has 6 rings (SSSR count). The van der Waals surface area contributed by atoms with E-state index >= 15 is 0 Å². The molecular weight excluding hydrogens is 370 g/mol.